The van der Waals surface area contributed by atoms with E-state index in [0.29, 0.717) is 6.54 Å². The zero-order valence-corrected chi connectivity index (χ0v) is 8.76. The SMILES string of the molecule is CNN1Cc2cc(Br)ccc2C1=O. The fraction of sp³-hybridized carbons (Fsp3) is 0.222. The van der Waals surface area contributed by atoms with E-state index in [9.17, 15) is 4.79 Å². The molecule has 1 aromatic rings. The van der Waals surface area contributed by atoms with Gasteiger partial charge in [0.25, 0.3) is 5.91 Å². The Bertz CT molecular complexity index is 365. The van der Waals surface area contributed by atoms with Gasteiger partial charge in [-0.25, -0.2) is 5.43 Å². The van der Waals surface area contributed by atoms with Crippen molar-refractivity contribution in [3.63, 3.8) is 0 Å². The van der Waals surface area contributed by atoms with E-state index in [4.69, 9.17) is 0 Å². The summed E-state index contributed by atoms with van der Waals surface area (Å²) in [5.74, 6) is 0.0463. The van der Waals surface area contributed by atoms with E-state index in [-0.39, 0.29) is 5.91 Å². The summed E-state index contributed by atoms with van der Waals surface area (Å²) in [6.45, 7) is 0.643. The van der Waals surface area contributed by atoms with Crippen LogP contribution in [-0.2, 0) is 6.54 Å². The van der Waals surface area contributed by atoms with Crippen LogP contribution in [0.4, 0.5) is 0 Å². The van der Waals surface area contributed by atoms with Gasteiger partial charge >= 0.3 is 0 Å². The maximum absolute atomic E-state index is 11.6. The summed E-state index contributed by atoms with van der Waals surface area (Å²) in [5.41, 5.74) is 4.70. The van der Waals surface area contributed by atoms with Crippen LogP contribution in [0.25, 0.3) is 0 Å². The Kier molecular flexibility index (Phi) is 2.09. The first-order valence-electron chi connectivity index (χ1n) is 4.00. The van der Waals surface area contributed by atoms with Crippen molar-refractivity contribution in [2.75, 3.05) is 7.05 Å². The molecule has 13 heavy (non-hydrogen) atoms. The normalized spacial score (nSPS) is 14.9. The van der Waals surface area contributed by atoms with E-state index >= 15 is 0 Å². The van der Waals surface area contributed by atoms with Crippen molar-refractivity contribution in [3.8, 4) is 0 Å². The molecular formula is C9H9BrN2O. The number of carbonyl (C=O) groups is 1. The van der Waals surface area contributed by atoms with Crippen molar-refractivity contribution in [2.45, 2.75) is 6.54 Å². The molecule has 0 fully saturated rings. The average Bonchev–Trinajstić information content (AvgIpc) is 2.42. The molecule has 1 heterocycles. The van der Waals surface area contributed by atoms with Gasteiger partial charge in [-0.3, -0.25) is 9.80 Å². The maximum atomic E-state index is 11.6. The van der Waals surface area contributed by atoms with E-state index in [1.807, 2.05) is 18.2 Å². The van der Waals surface area contributed by atoms with Gasteiger partial charge < -0.3 is 0 Å². The molecule has 1 aliphatic rings. The van der Waals surface area contributed by atoms with E-state index in [1.54, 1.807) is 12.1 Å². The highest BCUT2D eigenvalue weighted by Crippen LogP contribution is 2.24. The molecule has 4 heteroatoms. The monoisotopic (exact) mass is 240 g/mol. The molecule has 0 aliphatic carbocycles. The number of rotatable bonds is 1. The molecule has 1 N–H and O–H groups in total. The minimum atomic E-state index is 0.0463. The summed E-state index contributed by atoms with van der Waals surface area (Å²) in [6.07, 6.45) is 0. The van der Waals surface area contributed by atoms with Gasteiger partial charge in [-0.2, -0.15) is 0 Å². The number of carbonyl (C=O) groups excluding carboxylic acids is 1. The molecular weight excluding hydrogens is 232 g/mol. The Hall–Kier alpha value is -0.870. The number of nitrogens with one attached hydrogen (secondary N) is 1. The number of hydrazine groups is 1. The van der Waals surface area contributed by atoms with Crippen molar-refractivity contribution in [1.82, 2.24) is 10.4 Å². The molecule has 0 unspecified atom stereocenters. The topological polar surface area (TPSA) is 32.3 Å². The van der Waals surface area contributed by atoms with Crippen LogP contribution >= 0.6 is 15.9 Å². The first-order valence-corrected chi connectivity index (χ1v) is 4.79. The van der Waals surface area contributed by atoms with Crippen LogP contribution in [0.15, 0.2) is 22.7 Å². The number of fused-ring (bicyclic) bond motifs is 1. The Morgan fingerprint density at radius 3 is 3.00 bits per heavy atom. The lowest BCUT2D eigenvalue weighted by Crippen LogP contribution is -2.34. The fourth-order valence-corrected chi connectivity index (χ4v) is 1.88. The largest absolute Gasteiger partial charge is 0.270 e. The molecule has 0 saturated heterocycles. The molecule has 0 aromatic heterocycles. The van der Waals surface area contributed by atoms with Crippen LogP contribution in [-0.4, -0.2) is 18.0 Å². The van der Waals surface area contributed by atoms with Crippen LogP contribution in [0.2, 0.25) is 0 Å². The molecule has 0 saturated carbocycles. The van der Waals surface area contributed by atoms with Gasteiger partial charge in [0.05, 0.1) is 6.54 Å². The molecule has 3 nitrogen and oxygen atoms in total. The summed E-state index contributed by atoms with van der Waals surface area (Å²) < 4.78 is 1.01. The number of benzene rings is 1. The van der Waals surface area contributed by atoms with Crippen molar-refractivity contribution < 1.29 is 4.79 Å². The highest BCUT2D eigenvalue weighted by atomic mass is 79.9. The van der Waals surface area contributed by atoms with Crippen LogP contribution in [0, 0.1) is 0 Å². The van der Waals surface area contributed by atoms with Crippen molar-refractivity contribution >= 4 is 21.8 Å². The average molecular weight is 241 g/mol. The van der Waals surface area contributed by atoms with E-state index in [0.717, 1.165) is 15.6 Å². The first kappa shape index (κ1) is 8.72. The highest BCUT2D eigenvalue weighted by Gasteiger charge is 2.25. The lowest BCUT2D eigenvalue weighted by molar-refractivity contribution is 0.0706. The zero-order chi connectivity index (χ0) is 9.42. The van der Waals surface area contributed by atoms with E-state index in [1.165, 1.54) is 0 Å². The summed E-state index contributed by atoms with van der Waals surface area (Å²) in [6, 6.07) is 5.71. The summed E-state index contributed by atoms with van der Waals surface area (Å²) >= 11 is 3.38. The molecule has 68 valence electrons. The summed E-state index contributed by atoms with van der Waals surface area (Å²) in [5, 5.41) is 1.59. The Morgan fingerprint density at radius 2 is 2.31 bits per heavy atom. The van der Waals surface area contributed by atoms with E-state index in [2.05, 4.69) is 21.4 Å². The van der Waals surface area contributed by atoms with Gasteiger partial charge in [0.1, 0.15) is 0 Å². The molecule has 0 radical (unpaired) electrons. The minimum Gasteiger partial charge on any atom is -0.270 e. The van der Waals surface area contributed by atoms with Gasteiger partial charge in [0, 0.05) is 17.1 Å². The van der Waals surface area contributed by atoms with Crippen molar-refractivity contribution in [2.24, 2.45) is 0 Å². The Labute approximate surface area is 84.8 Å². The Morgan fingerprint density at radius 1 is 1.54 bits per heavy atom. The van der Waals surface area contributed by atoms with Gasteiger partial charge in [-0.1, -0.05) is 15.9 Å². The van der Waals surface area contributed by atoms with Crippen LogP contribution in [0.5, 0.6) is 0 Å². The molecule has 0 atom stereocenters. The smallest absolute Gasteiger partial charge is 0.268 e. The van der Waals surface area contributed by atoms with Crippen molar-refractivity contribution in [3.05, 3.63) is 33.8 Å². The van der Waals surface area contributed by atoms with Crippen LogP contribution in [0.1, 0.15) is 15.9 Å². The van der Waals surface area contributed by atoms with Gasteiger partial charge in [0.15, 0.2) is 0 Å². The first-order chi connectivity index (χ1) is 6.22. The number of amides is 1. The number of nitrogens with zero attached hydrogens (tertiary/aromatic N) is 1. The van der Waals surface area contributed by atoms with Crippen LogP contribution < -0.4 is 5.43 Å². The third-order valence-electron chi connectivity index (χ3n) is 2.14. The second-order valence-corrected chi connectivity index (χ2v) is 3.83. The second kappa shape index (κ2) is 3.12. The Balaban J connectivity index is 2.44. The third kappa shape index (κ3) is 1.36. The fourth-order valence-electron chi connectivity index (χ4n) is 1.47. The predicted octanol–water partition coefficient (Wildman–Crippen LogP) is 1.54. The highest BCUT2D eigenvalue weighted by molar-refractivity contribution is 9.10. The lowest BCUT2D eigenvalue weighted by atomic mass is 10.1. The lowest BCUT2D eigenvalue weighted by Gasteiger charge is -2.12. The molecule has 0 bridgehead atoms. The van der Waals surface area contributed by atoms with E-state index < -0.39 is 0 Å². The quantitative estimate of drug-likeness (QED) is 0.808. The standard InChI is InChI=1S/C9H9BrN2O/c1-11-12-5-6-4-7(10)2-3-8(6)9(12)13/h2-4,11H,5H2,1H3. The predicted molar refractivity (Wildman–Crippen MR) is 53.1 cm³/mol. The summed E-state index contributed by atoms with van der Waals surface area (Å²) in [7, 11) is 1.75. The molecule has 2 rings (SSSR count). The van der Waals surface area contributed by atoms with Crippen LogP contribution in [0.3, 0.4) is 0 Å². The number of halogens is 1. The number of hydrogen-bond donors (Lipinski definition) is 1. The molecule has 1 aliphatic heterocycles. The van der Waals surface area contributed by atoms with Gasteiger partial charge in [0.2, 0.25) is 0 Å². The molecule has 0 spiro atoms. The zero-order valence-electron chi connectivity index (χ0n) is 7.17. The molecule has 1 amide bonds. The van der Waals surface area contributed by atoms with Gasteiger partial charge in [-0.05, 0) is 23.8 Å². The third-order valence-corrected chi connectivity index (χ3v) is 2.63. The van der Waals surface area contributed by atoms with Crippen molar-refractivity contribution in [1.29, 1.82) is 0 Å². The molecule has 1 aromatic carbocycles. The summed E-state index contributed by atoms with van der Waals surface area (Å²) in [4.78, 5) is 11.6. The van der Waals surface area contributed by atoms with Gasteiger partial charge in [-0.15, -0.1) is 0 Å². The number of hydrogen-bond acceptors (Lipinski definition) is 2. The maximum Gasteiger partial charge on any atom is 0.268 e. The minimum absolute atomic E-state index is 0.0463. The second-order valence-electron chi connectivity index (χ2n) is 2.92.